The zero-order valence-corrected chi connectivity index (χ0v) is 6.06. The third-order valence-electron chi connectivity index (χ3n) is 1.35. The van der Waals surface area contributed by atoms with Crippen molar-refractivity contribution in [2.75, 3.05) is 5.88 Å². The fraction of sp³-hybridized carbons (Fsp3) is 0.375. The summed E-state index contributed by atoms with van der Waals surface area (Å²) in [6, 6.07) is 0. The van der Waals surface area contributed by atoms with Crippen LogP contribution in [0.15, 0.2) is 23.8 Å². The van der Waals surface area contributed by atoms with Crippen LogP contribution in [0.1, 0.15) is 12.8 Å². The van der Waals surface area contributed by atoms with Crippen molar-refractivity contribution in [3.8, 4) is 0 Å². The minimum Gasteiger partial charge on any atom is -0.126 e. The van der Waals surface area contributed by atoms with Gasteiger partial charge in [0.05, 0.1) is 0 Å². The highest BCUT2D eigenvalue weighted by molar-refractivity contribution is 6.18. The van der Waals surface area contributed by atoms with Crippen molar-refractivity contribution in [1.29, 1.82) is 0 Å². The molecular formula is C8H10Cl. The van der Waals surface area contributed by atoms with Crippen LogP contribution in [-0.2, 0) is 0 Å². The number of halogens is 1. The molecule has 1 aliphatic rings. The molecule has 1 heteroatoms. The van der Waals surface area contributed by atoms with E-state index in [4.69, 9.17) is 11.6 Å². The number of hydrogen-bond acceptors (Lipinski definition) is 0. The molecule has 0 atom stereocenters. The summed E-state index contributed by atoms with van der Waals surface area (Å²) in [5.74, 6) is 0.732. The average Bonchev–Trinajstić information content (AvgIpc) is 1.91. The Morgan fingerprint density at radius 1 is 1.56 bits per heavy atom. The summed E-state index contributed by atoms with van der Waals surface area (Å²) < 4.78 is 0. The fourth-order valence-electron chi connectivity index (χ4n) is 0.852. The molecule has 0 aromatic carbocycles. The Labute approximate surface area is 61.2 Å². The number of hydrogen-bond donors (Lipinski definition) is 0. The summed E-state index contributed by atoms with van der Waals surface area (Å²) in [6.07, 6.45) is 10.6. The third-order valence-corrected chi connectivity index (χ3v) is 1.53. The maximum Gasteiger partial charge on any atom is 0.0263 e. The number of rotatable bonds is 2. The molecule has 0 aromatic rings. The van der Waals surface area contributed by atoms with Crippen LogP contribution >= 0.6 is 11.6 Å². The predicted molar refractivity (Wildman–Crippen MR) is 41.5 cm³/mol. The zero-order valence-electron chi connectivity index (χ0n) is 5.31. The van der Waals surface area contributed by atoms with Crippen LogP contribution in [0, 0.1) is 6.42 Å². The lowest BCUT2D eigenvalue weighted by atomic mass is 10.1. The molecule has 0 spiro atoms. The first-order chi connectivity index (χ1) is 4.43. The van der Waals surface area contributed by atoms with Crippen LogP contribution in [0.3, 0.4) is 0 Å². The molecule has 0 heterocycles. The highest BCUT2D eigenvalue weighted by Gasteiger charge is 1.94. The van der Waals surface area contributed by atoms with Crippen LogP contribution in [0.4, 0.5) is 0 Å². The fourth-order valence-corrected chi connectivity index (χ4v) is 1.07. The average molecular weight is 142 g/mol. The van der Waals surface area contributed by atoms with E-state index in [0.717, 1.165) is 18.7 Å². The summed E-state index contributed by atoms with van der Waals surface area (Å²) in [7, 11) is 0. The van der Waals surface area contributed by atoms with E-state index in [1.165, 1.54) is 5.57 Å². The van der Waals surface area contributed by atoms with E-state index in [2.05, 4.69) is 24.6 Å². The van der Waals surface area contributed by atoms with Gasteiger partial charge < -0.3 is 0 Å². The molecule has 49 valence electrons. The largest absolute Gasteiger partial charge is 0.126 e. The predicted octanol–water partition coefficient (Wildman–Crippen LogP) is 2.71. The van der Waals surface area contributed by atoms with Gasteiger partial charge in [0.15, 0.2) is 0 Å². The number of allylic oxidation sites excluding steroid dienone is 4. The summed E-state index contributed by atoms with van der Waals surface area (Å²) in [4.78, 5) is 0. The van der Waals surface area contributed by atoms with Crippen molar-refractivity contribution in [1.82, 2.24) is 0 Å². The Hall–Kier alpha value is -0.230. The smallest absolute Gasteiger partial charge is 0.0263 e. The lowest BCUT2D eigenvalue weighted by Gasteiger charge is -2.02. The van der Waals surface area contributed by atoms with Gasteiger partial charge in [-0.05, 0) is 19.3 Å². The van der Waals surface area contributed by atoms with Crippen molar-refractivity contribution in [2.24, 2.45) is 0 Å². The van der Waals surface area contributed by atoms with Gasteiger partial charge in [-0.3, -0.25) is 0 Å². The Bertz CT molecular complexity index is 134. The van der Waals surface area contributed by atoms with Gasteiger partial charge in [-0.2, -0.15) is 0 Å². The molecule has 0 nitrogen and oxygen atoms in total. The Morgan fingerprint density at radius 3 is 3.00 bits per heavy atom. The topological polar surface area (TPSA) is 0 Å². The van der Waals surface area contributed by atoms with Crippen LogP contribution in [0.5, 0.6) is 0 Å². The first-order valence-corrected chi connectivity index (χ1v) is 3.72. The Balaban J connectivity index is 2.38. The van der Waals surface area contributed by atoms with Gasteiger partial charge >= 0.3 is 0 Å². The highest BCUT2D eigenvalue weighted by Crippen LogP contribution is 2.12. The molecule has 0 unspecified atom stereocenters. The normalized spacial score (nSPS) is 17.7. The van der Waals surface area contributed by atoms with E-state index in [-0.39, 0.29) is 0 Å². The number of alkyl halides is 1. The van der Waals surface area contributed by atoms with Crippen LogP contribution < -0.4 is 0 Å². The molecule has 0 aliphatic heterocycles. The van der Waals surface area contributed by atoms with Gasteiger partial charge in [0.2, 0.25) is 0 Å². The molecule has 0 fully saturated rings. The van der Waals surface area contributed by atoms with Gasteiger partial charge in [0.1, 0.15) is 0 Å². The van der Waals surface area contributed by atoms with Crippen molar-refractivity contribution in [3.63, 3.8) is 0 Å². The SMILES string of the molecule is ClCCC1=CC[CH]C=C1. The molecular weight excluding hydrogens is 132 g/mol. The minimum atomic E-state index is 0.732. The summed E-state index contributed by atoms with van der Waals surface area (Å²) >= 11 is 5.55. The van der Waals surface area contributed by atoms with Crippen molar-refractivity contribution < 1.29 is 0 Å². The van der Waals surface area contributed by atoms with Crippen LogP contribution in [-0.4, -0.2) is 5.88 Å². The third kappa shape index (κ3) is 2.23. The lowest BCUT2D eigenvalue weighted by Crippen LogP contribution is -1.85. The summed E-state index contributed by atoms with van der Waals surface area (Å²) in [6.45, 7) is 0. The van der Waals surface area contributed by atoms with Gasteiger partial charge in [0.25, 0.3) is 0 Å². The van der Waals surface area contributed by atoms with Crippen molar-refractivity contribution in [3.05, 3.63) is 30.2 Å². The van der Waals surface area contributed by atoms with Crippen molar-refractivity contribution >= 4 is 11.6 Å². The first-order valence-electron chi connectivity index (χ1n) is 3.18. The van der Waals surface area contributed by atoms with Crippen LogP contribution in [0.2, 0.25) is 0 Å². The molecule has 0 saturated carbocycles. The van der Waals surface area contributed by atoms with Crippen LogP contribution in [0.25, 0.3) is 0 Å². The van der Waals surface area contributed by atoms with Gasteiger partial charge in [-0.15, -0.1) is 11.6 Å². The van der Waals surface area contributed by atoms with Gasteiger partial charge in [-0.1, -0.05) is 23.8 Å². The minimum absolute atomic E-state index is 0.732. The molecule has 0 amide bonds. The van der Waals surface area contributed by atoms with Gasteiger partial charge in [-0.25, -0.2) is 0 Å². The monoisotopic (exact) mass is 141 g/mol. The molecule has 1 radical (unpaired) electrons. The second-order valence-electron chi connectivity index (χ2n) is 2.05. The molecule has 1 aliphatic carbocycles. The molecule has 9 heavy (non-hydrogen) atoms. The Morgan fingerprint density at radius 2 is 2.44 bits per heavy atom. The molecule has 0 N–H and O–H groups in total. The molecule has 0 bridgehead atoms. The standard InChI is InChI=1S/C8H10Cl/c9-7-6-8-4-2-1-3-5-8/h1-2,4-5H,3,6-7H2. The van der Waals surface area contributed by atoms with E-state index in [9.17, 15) is 0 Å². The second kappa shape index (κ2) is 3.73. The molecule has 0 aromatic heterocycles. The zero-order chi connectivity index (χ0) is 6.53. The maximum absolute atomic E-state index is 5.55. The van der Waals surface area contributed by atoms with E-state index >= 15 is 0 Å². The maximum atomic E-state index is 5.55. The molecule has 1 rings (SSSR count). The quantitative estimate of drug-likeness (QED) is 0.519. The second-order valence-corrected chi connectivity index (χ2v) is 2.43. The molecule has 0 saturated heterocycles. The summed E-state index contributed by atoms with van der Waals surface area (Å²) in [5, 5.41) is 0. The van der Waals surface area contributed by atoms with E-state index in [1.807, 2.05) is 0 Å². The Kier molecular flexibility index (Phi) is 2.85. The van der Waals surface area contributed by atoms with Crippen molar-refractivity contribution in [2.45, 2.75) is 12.8 Å². The first kappa shape index (κ1) is 6.88. The lowest BCUT2D eigenvalue weighted by molar-refractivity contribution is 1.10. The summed E-state index contributed by atoms with van der Waals surface area (Å²) in [5.41, 5.74) is 1.37. The van der Waals surface area contributed by atoms with E-state index < -0.39 is 0 Å². The highest BCUT2D eigenvalue weighted by atomic mass is 35.5. The van der Waals surface area contributed by atoms with E-state index in [0.29, 0.717) is 0 Å². The van der Waals surface area contributed by atoms with Gasteiger partial charge in [0, 0.05) is 5.88 Å². The van der Waals surface area contributed by atoms with E-state index in [1.54, 1.807) is 0 Å².